The molecule has 2 aromatic heterocycles. The summed E-state index contributed by atoms with van der Waals surface area (Å²) in [6, 6.07) is 6.19. The van der Waals surface area contributed by atoms with Crippen LogP contribution in [0.5, 0.6) is 5.75 Å². The van der Waals surface area contributed by atoms with Crippen LogP contribution in [0.4, 0.5) is 0 Å². The highest BCUT2D eigenvalue weighted by atomic mass is 32.2. The molecule has 4 rings (SSSR count). The molecule has 1 aromatic carbocycles. The highest BCUT2D eigenvalue weighted by Gasteiger charge is 2.22. The third kappa shape index (κ3) is 3.49. The summed E-state index contributed by atoms with van der Waals surface area (Å²) in [5.41, 5.74) is 4.30. The average Bonchev–Trinajstić information content (AvgIpc) is 3.03. The van der Waals surface area contributed by atoms with E-state index in [0.717, 1.165) is 49.3 Å². The van der Waals surface area contributed by atoms with Gasteiger partial charge >= 0.3 is 0 Å². The summed E-state index contributed by atoms with van der Waals surface area (Å²) >= 11 is 0. The fraction of sp³-hybridized carbons (Fsp3) is 0.400. The van der Waals surface area contributed by atoms with E-state index >= 15 is 0 Å². The zero-order valence-corrected chi connectivity index (χ0v) is 17.2. The molecule has 7 nitrogen and oxygen atoms in total. The van der Waals surface area contributed by atoms with Crippen molar-refractivity contribution in [1.29, 1.82) is 0 Å². The Hall–Kier alpha value is -2.45. The van der Waals surface area contributed by atoms with Gasteiger partial charge < -0.3 is 9.30 Å². The van der Waals surface area contributed by atoms with Crippen molar-refractivity contribution in [2.75, 3.05) is 19.9 Å². The van der Waals surface area contributed by atoms with Crippen molar-refractivity contribution in [3.63, 3.8) is 0 Å². The van der Waals surface area contributed by atoms with Gasteiger partial charge in [-0.05, 0) is 30.7 Å². The van der Waals surface area contributed by atoms with E-state index in [9.17, 15) is 8.42 Å². The Morgan fingerprint density at radius 2 is 2.11 bits per heavy atom. The van der Waals surface area contributed by atoms with Crippen molar-refractivity contribution in [2.24, 2.45) is 0 Å². The number of aryl methyl sites for hydroxylation is 1. The molecular weight excluding hydrogens is 376 g/mol. The highest BCUT2D eigenvalue weighted by molar-refractivity contribution is 7.90. The minimum atomic E-state index is -3.38. The van der Waals surface area contributed by atoms with Crippen LogP contribution in [0.15, 0.2) is 35.7 Å². The lowest BCUT2D eigenvalue weighted by Gasteiger charge is -2.27. The normalized spacial score (nSPS) is 15.0. The maximum absolute atomic E-state index is 11.7. The second-order valence-corrected chi connectivity index (χ2v) is 9.09. The van der Waals surface area contributed by atoms with Gasteiger partial charge in [0.2, 0.25) is 15.0 Å². The van der Waals surface area contributed by atoms with Crippen LogP contribution >= 0.6 is 0 Å². The molecule has 0 radical (unpaired) electrons. The largest absolute Gasteiger partial charge is 0.497 e. The fourth-order valence-electron chi connectivity index (χ4n) is 3.78. The van der Waals surface area contributed by atoms with Crippen LogP contribution < -0.4 is 4.74 Å². The van der Waals surface area contributed by atoms with Gasteiger partial charge in [0.05, 0.1) is 12.8 Å². The molecule has 8 heteroatoms. The first-order valence-corrected chi connectivity index (χ1v) is 11.2. The Morgan fingerprint density at radius 3 is 2.82 bits per heavy atom. The number of sulfone groups is 1. The molecule has 3 aromatic rings. The molecule has 28 heavy (non-hydrogen) atoms. The van der Waals surface area contributed by atoms with E-state index in [2.05, 4.69) is 44.7 Å². The molecule has 0 fully saturated rings. The Kier molecular flexibility index (Phi) is 4.84. The number of hydrogen-bond acceptors (Lipinski definition) is 6. The van der Waals surface area contributed by atoms with Crippen molar-refractivity contribution in [2.45, 2.75) is 38.1 Å². The van der Waals surface area contributed by atoms with Gasteiger partial charge in [0.1, 0.15) is 5.75 Å². The fourth-order valence-corrected chi connectivity index (χ4v) is 4.30. The van der Waals surface area contributed by atoms with E-state index in [1.165, 1.54) is 16.5 Å². The lowest BCUT2D eigenvalue weighted by Crippen LogP contribution is -2.31. The third-order valence-corrected chi connectivity index (χ3v) is 6.09. The van der Waals surface area contributed by atoms with Gasteiger partial charge in [-0.2, -0.15) is 0 Å². The van der Waals surface area contributed by atoms with Crippen molar-refractivity contribution >= 4 is 20.7 Å². The monoisotopic (exact) mass is 400 g/mol. The predicted octanol–water partition coefficient (Wildman–Crippen LogP) is 2.42. The number of aromatic nitrogens is 3. The molecule has 1 aliphatic heterocycles. The van der Waals surface area contributed by atoms with Crippen LogP contribution in [0.1, 0.15) is 23.7 Å². The Bertz CT molecular complexity index is 1140. The number of methoxy groups -OCH3 is 1. The zero-order valence-electron chi connectivity index (χ0n) is 16.3. The second-order valence-electron chi connectivity index (χ2n) is 7.18. The van der Waals surface area contributed by atoms with E-state index in [4.69, 9.17) is 4.74 Å². The smallest absolute Gasteiger partial charge is 0.246 e. The van der Waals surface area contributed by atoms with Crippen LogP contribution in [0, 0.1) is 0 Å². The number of hydrogen-bond donors (Lipinski definition) is 0. The van der Waals surface area contributed by atoms with Gasteiger partial charge in [-0.1, -0.05) is 0 Å². The van der Waals surface area contributed by atoms with E-state index in [1.807, 2.05) is 6.07 Å². The number of fused-ring (bicyclic) bond motifs is 2. The maximum atomic E-state index is 11.7. The van der Waals surface area contributed by atoms with Crippen LogP contribution in [-0.2, 0) is 35.9 Å². The van der Waals surface area contributed by atoms with E-state index in [0.29, 0.717) is 6.54 Å². The standard InChI is InChI=1S/C20H24N4O3S/c1-4-24-13-15(17-9-16(27-2)5-6-19(17)24)12-23-8-7-18-14(11-23)10-21-20(22-18)28(3,25)26/h5-6,9-10,13H,4,7-8,11-12H2,1-3H3. The quantitative estimate of drug-likeness (QED) is 0.612. The van der Waals surface area contributed by atoms with Crippen molar-refractivity contribution in [1.82, 2.24) is 19.4 Å². The van der Waals surface area contributed by atoms with Gasteiger partial charge in [-0.25, -0.2) is 18.4 Å². The van der Waals surface area contributed by atoms with Gasteiger partial charge in [0.15, 0.2) is 0 Å². The first-order chi connectivity index (χ1) is 13.4. The molecule has 0 unspecified atom stereocenters. The second kappa shape index (κ2) is 7.18. The van der Waals surface area contributed by atoms with Crippen molar-refractivity contribution < 1.29 is 13.2 Å². The number of nitrogens with zero attached hydrogens (tertiary/aromatic N) is 4. The Labute approximate surface area is 164 Å². The van der Waals surface area contributed by atoms with E-state index < -0.39 is 9.84 Å². The van der Waals surface area contributed by atoms with Crippen molar-refractivity contribution in [3.05, 3.63) is 47.4 Å². The summed E-state index contributed by atoms with van der Waals surface area (Å²) in [4.78, 5) is 10.7. The number of ether oxygens (including phenoxy) is 1. The number of benzene rings is 1. The van der Waals surface area contributed by atoms with Crippen LogP contribution in [0.2, 0.25) is 0 Å². The lowest BCUT2D eigenvalue weighted by molar-refractivity contribution is 0.242. The lowest BCUT2D eigenvalue weighted by atomic mass is 10.1. The van der Waals surface area contributed by atoms with E-state index in [-0.39, 0.29) is 5.16 Å². The summed E-state index contributed by atoms with van der Waals surface area (Å²) in [5.74, 6) is 0.855. The molecule has 0 saturated heterocycles. The molecule has 0 atom stereocenters. The SMILES string of the molecule is CCn1cc(CN2CCc3nc(S(C)(=O)=O)ncc3C2)c2cc(OC)ccc21. The topological polar surface area (TPSA) is 77.3 Å². The summed E-state index contributed by atoms with van der Waals surface area (Å²) in [6.07, 6.45) is 5.73. The molecule has 0 spiro atoms. The van der Waals surface area contributed by atoms with Gasteiger partial charge in [0.25, 0.3) is 0 Å². The summed E-state index contributed by atoms with van der Waals surface area (Å²) in [5, 5.41) is 1.12. The van der Waals surface area contributed by atoms with Gasteiger partial charge in [0, 0.05) is 67.7 Å². The summed E-state index contributed by atoms with van der Waals surface area (Å²) in [7, 11) is -1.70. The van der Waals surface area contributed by atoms with Crippen molar-refractivity contribution in [3.8, 4) is 5.75 Å². The molecular formula is C20H24N4O3S. The molecule has 0 bridgehead atoms. The van der Waals surface area contributed by atoms with Crippen LogP contribution in [-0.4, -0.2) is 47.8 Å². The first-order valence-electron chi connectivity index (χ1n) is 9.32. The molecule has 148 valence electrons. The molecule has 3 heterocycles. The molecule has 0 N–H and O–H groups in total. The maximum Gasteiger partial charge on any atom is 0.246 e. The highest BCUT2D eigenvalue weighted by Crippen LogP contribution is 2.28. The van der Waals surface area contributed by atoms with Gasteiger partial charge in [-0.15, -0.1) is 0 Å². The first kappa shape index (κ1) is 18.9. The molecule has 1 aliphatic rings. The van der Waals surface area contributed by atoms with Crippen LogP contribution in [0.25, 0.3) is 10.9 Å². The molecule has 0 amide bonds. The molecule has 0 saturated carbocycles. The molecule has 0 aliphatic carbocycles. The summed E-state index contributed by atoms with van der Waals surface area (Å²) in [6.45, 7) is 5.40. The summed E-state index contributed by atoms with van der Waals surface area (Å²) < 4.78 is 31.0. The third-order valence-electron chi connectivity index (χ3n) is 5.23. The minimum absolute atomic E-state index is 0.0854. The minimum Gasteiger partial charge on any atom is -0.497 e. The predicted molar refractivity (Wildman–Crippen MR) is 107 cm³/mol. The number of rotatable bonds is 5. The van der Waals surface area contributed by atoms with Crippen LogP contribution in [0.3, 0.4) is 0 Å². The Balaban J connectivity index is 1.61. The average molecular weight is 401 g/mol. The Morgan fingerprint density at radius 1 is 1.29 bits per heavy atom. The zero-order chi connectivity index (χ0) is 19.9. The van der Waals surface area contributed by atoms with E-state index in [1.54, 1.807) is 13.3 Å². The van der Waals surface area contributed by atoms with Gasteiger partial charge in [-0.3, -0.25) is 4.90 Å².